The van der Waals surface area contributed by atoms with Crippen molar-refractivity contribution < 1.29 is 9.53 Å². The number of carbonyl (C=O) groups excluding carboxylic acids is 1. The molecule has 2 rings (SSSR count). The monoisotopic (exact) mass is 308 g/mol. The van der Waals surface area contributed by atoms with Crippen LogP contribution in [0.1, 0.15) is 15.9 Å². The van der Waals surface area contributed by atoms with Crippen LogP contribution in [0.15, 0.2) is 41.6 Å². The Balaban J connectivity index is 2.17. The lowest BCUT2D eigenvalue weighted by Gasteiger charge is -2.08. The molecule has 0 spiro atoms. The highest BCUT2D eigenvalue weighted by Crippen LogP contribution is 2.28. The van der Waals surface area contributed by atoms with Crippen molar-refractivity contribution in [3.8, 4) is 0 Å². The Morgan fingerprint density at radius 2 is 2.20 bits per heavy atom. The summed E-state index contributed by atoms with van der Waals surface area (Å²) in [6.07, 6.45) is 1.55. The zero-order valence-electron chi connectivity index (χ0n) is 10.8. The van der Waals surface area contributed by atoms with Crippen molar-refractivity contribution in [2.45, 2.75) is 10.8 Å². The number of nitrogens with two attached hydrogens (primary N) is 1. The number of hydrogen-bond acceptors (Lipinski definition) is 5. The van der Waals surface area contributed by atoms with Gasteiger partial charge in [-0.3, -0.25) is 0 Å². The third kappa shape index (κ3) is 3.43. The van der Waals surface area contributed by atoms with E-state index in [4.69, 9.17) is 22.1 Å². The second-order valence-corrected chi connectivity index (χ2v) is 5.39. The van der Waals surface area contributed by atoms with E-state index in [1.54, 1.807) is 24.4 Å². The normalized spacial score (nSPS) is 10.3. The Morgan fingerprint density at radius 1 is 1.45 bits per heavy atom. The Labute approximate surface area is 126 Å². The fourth-order valence-corrected chi connectivity index (χ4v) is 2.73. The van der Waals surface area contributed by atoms with Gasteiger partial charge in [-0.05, 0) is 17.7 Å². The molecule has 0 amide bonds. The van der Waals surface area contributed by atoms with Gasteiger partial charge >= 0.3 is 5.97 Å². The van der Waals surface area contributed by atoms with Crippen LogP contribution in [0.3, 0.4) is 0 Å². The van der Waals surface area contributed by atoms with Crippen LogP contribution in [-0.4, -0.2) is 18.1 Å². The van der Waals surface area contributed by atoms with Crippen LogP contribution >= 0.6 is 23.4 Å². The number of rotatable bonds is 4. The molecule has 0 aliphatic carbocycles. The fourth-order valence-electron chi connectivity index (χ4n) is 1.66. The van der Waals surface area contributed by atoms with Gasteiger partial charge in [-0.15, -0.1) is 0 Å². The molecule has 2 N–H and O–H groups in total. The summed E-state index contributed by atoms with van der Waals surface area (Å²) >= 11 is 7.26. The van der Waals surface area contributed by atoms with Gasteiger partial charge in [-0.1, -0.05) is 41.6 Å². The van der Waals surface area contributed by atoms with E-state index in [-0.39, 0.29) is 5.97 Å². The molecule has 0 fully saturated rings. The first kappa shape index (κ1) is 14.7. The second-order valence-electron chi connectivity index (χ2n) is 3.99. The van der Waals surface area contributed by atoms with Gasteiger partial charge in [0, 0.05) is 11.9 Å². The first-order valence-corrected chi connectivity index (χ1v) is 7.18. The van der Waals surface area contributed by atoms with Crippen LogP contribution in [-0.2, 0) is 10.5 Å². The van der Waals surface area contributed by atoms with Crippen molar-refractivity contribution in [2.75, 3.05) is 12.8 Å². The lowest BCUT2D eigenvalue weighted by atomic mass is 10.1. The van der Waals surface area contributed by atoms with Crippen molar-refractivity contribution in [2.24, 2.45) is 0 Å². The molecule has 0 unspecified atom stereocenters. The fraction of sp³-hybridized carbons (Fsp3) is 0.143. The van der Waals surface area contributed by atoms with E-state index in [1.807, 2.05) is 12.1 Å². The van der Waals surface area contributed by atoms with E-state index in [9.17, 15) is 4.79 Å². The molecule has 1 aromatic carbocycles. The molecule has 0 bridgehead atoms. The van der Waals surface area contributed by atoms with Crippen LogP contribution in [0, 0.1) is 0 Å². The summed E-state index contributed by atoms with van der Waals surface area (Å²) in [6.45, 7) is 0. The molecule has 0 saturated carbocycles. The van der Waals surface area contributed by atoms with Crippen LogP contribution in [0.25, 0.3) is 0 Å². The van der Waals surface area contributed by atoms with E-state index < -0.39 is 0 Å². The molecule has 20 heavy (non-hydrogen) atoms. The molecule has 0 aliphatic heterocycles. The zero-order chi connectivity index (χ0) is 14.5. The van der Waals surface area contributed by atoms with Gasteiger partial charge in [0.1, 0.15) is 5.03 Å². The van der Waals surface area contributed by atoms with Crippen LogP contribution < -0.4 is 5.73 Å². The number of aromatic nitrogens is 1. The maximum Gasteiger partial charge on any atom is 0.338 e. The number of benzene rings is 1. The number of esters is 1. The number of methoxy groups -OCH3 is 1. The molecule has 0 aliphatic rings. The van der Waals surface area contributed by atoms with Gasteiger partial charge in [-0.25, -0.2) is 9.78 Å². The van der Waals surface area contributed by atoms with Gasteiger partial charge in [0.15, 0.2) is 0 Å². The quantitative estimate of drug-likeness (QED) is 0.692. The van der Waals surface area contributed by atoms with E-state index in [0.717, 1.165) is 5.56 Å². The van der Waals surface area contributed by atoms with E-state index in [0.29, 0.717) is 27.1 Å². The molecule has 2 aromatic rings. The topological polar surface area (TPSA) is 65.2 Å². The number of halogens is 1. The number of carbonyl (C=O) groups is 1. The molecule has 1 aromatic heterocycles. The molecule has 6 heteroatoms. The number of ether oxygens (including phenoxy) is 1. The van der Waals surface area contributed by atoms with Gasteiger partial charge < -0.3 is 10.5 Å². The molecule has 1 heterocycles. The highest BCUT2D eigenvalue weighted by Gasteiger charge is 2.12. The van der Waals surface area contributed by atoms with Crippen molar-refractivity contribution in [1.82, 2.24) is 4.98 Å². The maximum absolute atomic E-state index is 11.7. The first-order valence-electron chi connectivity index (χ1n) is 5.82. The highest BCUT2D eigenvalue weighted by molar-refractivity contribution is 7.98. The summed E-state index contributed by atoms with van der Waals surface area (Å²) in [7, 11) is 1.37. The summed E-state index contributed by atoms with van der Waals surface area (Å²) in [5.41, 5.74) is 7.80. The summed E-state index contributed by atoms with van der Waals surface area (Å²) in [6, 6.07) is 8.95. The minimum absolute atomic E-state index is 0.349. The highest BCUT2D eigenvalue weighted by atomic mass is 35.5. The SMILES string of the molecule is COC(=O)c1ccccc1CSc1ncc(Cl)cc1N. The van der Waals surface area contributed by atoms with E-state index in [2.05, 4.69) is 4.98 Å². The van der Waals surface area contributed by atoms with Crippen LogP contribution in [0.4, 0.5) is 5.69 Å². The zero-order valence-corrected chi connectivity index (χ0v) is 12.4. The number of anilines is 1. The summed E-state index contributed by atoms with van der Waals surface area (Å²) < 4.78 is 4.76. The molecule has 0 saturated heterocycles. The predicted octanol–water partition coefficient (Wildman–Crippen LogP) is 3.40. The predicted molar refractivity (Wildman–Crippen MR) is 81.0 cm³/mol. The number of nitrogens with zero attached hydrogens (tertiary/aromatic N) is 1. The summed E-state index contributed by atoms with van der Waals surface area (Å²) in [4.78, 5) is 15.8. The Hall–Kier alpha value is -1.72. The number of nitrogen functional groups attached to an aromatic ring is 1. The third-order valence-corrected chi connectivity index (χ3v) is 3.91. The molecule has 0 atom stereocenters. The Morgan fingerprint density at radius 3 is 2.90 bits per heavy atom. The number of thioether (sulfide) groups is 1. The summed E-state index contributed by atoms with van der Waals surface area (Å²) in [5, 5.41) is 1.19. The van der Waals surface area contributed by atoms with Gasteiger partial charge in [0.25, 0.3) is 0 Å². The lowest BCUT2D eigenvalue weighted by Crippen LogP contribution is -2.05. The van der Waals surface area contributed by atoms with Crippen molar-refractivity contribution in [1.29, 1.82) is 0 Å². The van der Waals surface area contributed by atoms with Gasteiger partial charge in [-0.2, -0.15) is 0 Å². The molecular weight excluding hydrogens is 296 g/mol. The van der Waals surface area contributed by atoms with E-state index >= 15 is 0 Å². The van der Waals surface area contributed by atoms with Crippen molar-refractivity contribution in [3.05, 3.63) is 52.7 Å². The molecule has 0 radical (unpaired) electrons. The first-order chi connectivity index (χ1) is 9.61. The van der Waals surface area contributed by atoms with Gasteiger partial charge in [0.05, 0.1) is 23.4 Å². The number of hydrogen-bond donors (Lipinski definition) is 1. The van der Waals surface area contributed by atoms with Crippen LogP contribution in [0.2, 0.25) is 5.02 Å². The van der Waals surface area contributed by atoms with E-state index in [1.165, 1.54) is 18.9 Å². The number of pyridine rings is 1. The minimum atomic E-state index is -0.349. The third-order valence-electron chi connectivity index (χ3n) is 2.63. The largest absolute Gasteiger partial charge is 0.465 e. The standard InChI is InChI=1S/C14H13ClN2O2S/c1-19-14(18)11-5-3-2-4-9(11)8-20-13-12(16)6-10(15)7-17-13/h2-7H,8,16H2,1H3. The maximum atomic E-state index is 11.7. The van der Waals surface area contributed by atoms with Crippen molar-refractivity contribution >= 4 is 35.0 Å². The lowest BCUT2D eigenvalue weighted by molar-refractivity contribution is 0.0600. The van der Waals surface area contributed by atoms with Crippen LogP contribution in [0.5, 0.6) is 0 Å². The summed E-state index contributed by atoms with van der Waals surface area (Å²) in [5.74, 6) is 0.225. The minimum Gasteiger partial charge on any atom is -0.465 e. The van der Waals surface area contributed by atoms with Crippen molar-refractivity contribution in [3.63, 3.8) is 0 Å². The van der Waals surface area contributed by atoms with Gasteiger partial charge in [0.2, 0.25) is 0 Å². The Kier molecular flexibility index (Phi) is 4.87. The average molecular weight is 309 g/mol. The second kappa shape index (κ2) is 6.63. The molecule has 4 nitrogen and oxygen atoms in total. The average Bonchev–Trinajstić information content (AvgIpc) is 2.46. The Bertz CT molecular complexity index is 634. The molecular formula is C14H13ClN2O2S. The molecule has 104 valence electrons. The smallest absolute Gasteiger partial charge is 0.338 e.